The van der Waals surface area contributed by atoms with Gasteiger partial charge < -0.3 is 20.1 Å². The Morgan fingerprint density at radius 2 is 1.75 bits per heavy atom. The smallest absolute Gasteiger partial charge is 0.329 e. The number of aryl methyl sites for hydroxylation is 1. The van der Waals surface area contributed by atoms with Crippen LogP contribution in [0.25, 0.3) is 0 Å². The Balaban J connectivity index is 1.57. The first-order valence-corrected chi connectivity index (χ1v) is 11.3. The van der Waals surface area contributed by atoms with E-state index in [9.17, 15) is 18.8 Å². The molecule has 0 bridgehead atoms. The normalized spacial score (nSPS) is 10.6. The Labute approximate surface area is 214 Å². The molecule has 0 atom stereocenters. The van der Waals surface area contributed by atoms with Gasteiger partial charge in [0, 0.05) is 11.4 Å². The summed E-state index contributed by atoms with van der Waals surface area (Å²) >= 11 is 3.37. The summed E-state index contributed by atoms with van der Waals surface area (Å²) in [6, 6.07) is 15.5. The van der Waals surface area contributed by atoms with Gasteiger partial charge in [0.15, 0.2) is 18.1 Å². The molecule has 3 aromatic carbocycles. The third-order valence-corrected chi connectivity index (χ3v) is 5.18. The van der Waals surface area contributed by atoms with Crippen LogP contribution in [0.15, 0.2) is 70.2 Å². The van der Waals surface area contributed by atoms with Crippen molar-refractivity contribution < 1.29 is 28.2 Å². The standard InChI is InChI=1S/C25H22BrFN4O5/c1-15-4-3-5-19(10-15)29-22(32)14-36-23-20(26)11-16(12-21(23)35-2)13-28-31-25(34)24(33)30-18-8-6-17(27)7-9-18/h3-13H,14H2,1-2H3,(H,29,32)(H,30,33)(H,31,34)/b28-13-. The number of ether oxygens (including phenoxy) is 2. The molecule has 3 amide bonds. The second-order valence-corrected chi connectivity index (χ2v) is 8.25. The second-order valence-electron chi connectivity index (χ2n) is 7.40. The summed E-state index contributed by atoms with van der Waals surface area (Å²) in [6.45, 7) is 1.67. The number of anilines is 2. The van der Waals surface area contributed by atoms with Gasteiger partial charge in [-0.2, -0.15) is 5.10 Å². The lowest BCUT2D eigenvalue weighted by molar-refractivity contribution is -0.136. The minimum absolute atomic E-state index is 0.254. The lowest BCUT2D eigenvalue weighted by Gasteiger charge is -2.13. The fourth-order valence-corrected chi connectivity index (χ4v) is 3.52. The maximum absolute atomic E-state index is 12.9. The SMILES string of the molecule is COc1cc(/C=N\NC(=O)C(=O)Nc2ccc(F)cc2)cc(Br)c1OCC(=O)Nc1cccc(C)c1. The zero-order chi connectivity index (χ0) is 26.1. The number of carbonyl (C=O) groups is 3. The number of rotatable bonds is 8. The van der Waals surface area contributed by atoms with Crippen LogP contribution in [0.2, 0.25) is 0 Å². The Bertz CT molecular complexity index is 1300. The number of hydrazone groups is 1. The van der Waals surface area contributed by atoms with Gasteiger partial charge in [0.05, 0.1) is 17.8 Å². The first-order valence-electron chi connectivity index (χ1n) is 10.5. The van der Waals surface area contributed by atoms with Crippen molar-refractivity contribution >= 4 is 51.2 Å². The van der Waals surface area contributed by atoms with Crippen LogP contribution in [0.5, 0.6) is 11.5 Å². The fourth-order valence-electron chi connectivity index (χ4n) is 2.95. The van der Waals surface area contributed by atoms with Crippen LogP contribution >= 0.6 is 15.9 Å². The molecule has 0 aromatic heterocycles. The van der Waals surface area contributed by atoms with Gasteiger partial charge in [-0.1, -0.05) is 12.1 Å². The van der Waals surface area contributed by atoms with Crippen LogP contribution in [-0.4, -0.2) is 37.7 Å². The summed E-state index contributed by atoms with van der Waals surface area (Å²) in [6.07, 6.45) is 1.30. The first kappa shape index (κ1) is 26.4. The number of hydrogen-bond acceptors (Lipinski definition) is 6. The lowest BCUT2D eigenvalue weighted by Crippen LogP contribution is -2.32. The monoisotopic (exact) mass is 556 g/mol. The Hall–Kier alpha value is -4.25. The molecule has 0 radical (unpaired) electrons. The largest absolute Gasteiger partial charge is 0.493 e. The quantitative estimate of drug-likeness (QED) is 0.220. The average molecular weight is 557 g/mol. The van der Waals surface area contributed by atoms with Crippen molar-refractivity contribution in [3.63, 3.8) is 0 Å². The van der Waals surface area contributed by atoms with Gasteiger partial charge in [-0.3, -0.25) is 14.4 Å². The van der Waals surface area contributed by atoms with Crippen molar-refractivity contribution in [2.75, 3.05) is 24.4 Å². The number of hydrogen-bond donors (Lipinski definition) is 3. The molecule has 3 rings (SSSR count). The molecule has 36 heavy (non-hydrogen) atoms. The zero-order valence-corrected chi connectivity index (χ0v) is 20.9. The Morgan fingerprint density at radius 3 is 2.44 bits per heavy atom. The lowest BCUT2D eigenvalue weighted by atomic mass is 10.2. The summed E-state index contributed by atoms with van der Waals surface area (Å²) in [5.41, 5.74) is 4.55. The van der Waals surface area contributed by atoms with Gasteiger partial charge in [-0.15, -0.1) is 0 Å². The number of carbonyl (C=O) groups excluding carboxylic acids is 3. The van der Waals surface area contributed by atoms with Crippen molar-refractivity contribution in [2.24, 2.45) is 5.10 Å². The van der Waals surface area contributed by atoms with Gasteiger partial charge in [0.1, 0.15) is 5.82 Å². The minimum Gasteiger partial charge on any atom is -0.493 e. The van der Waals surface area contributed by atoms with Crippen molar-refractivity contribution in [2.45, 2.75) is 6.92 Å². The van der Waals surface area contributed by atoms with E-state index in [-0.39, 0.29) is 18.2 Å². The maximum Gasteiger partial charge on any atom is 0.329 e. The molecule has 0 aliphatic rings. The molecule has 11 heteroatoms. The molecular weight excluding hydrogens is 535 g/mol. The average Bonchev–Trinajstić information content (AvgIpc) is 2.84. The Kier molecular flexibility index (Phi) is 9.12. The number of nitrogens with zero attached hydrogens (tertiary/aromatic N) is 1. The van der Waals surface area contributed by atoms with Gasteiger partial charge in [-0.05, 0) is 82.5 Å². The van der Waals surface area contributed by atoms with Gasteiger partial charge in [0.25, 0.3) is 5.91 Å². The molecule has 0 unspecified atom stereocenters. The predicted molar refractivity (Wildman–Crippen MR) is 137 cm³/mol. The van der Waals surface area contributed by atoms with E-state index in [1.54, 1.807) is 18.2 Å². The van der Waals surface area contributed by atoms with E-state index in [0.29, 0.717) is 27.2 Å². The van der Waals surface area contributed by atoms with Gasteiger partial charge in [0.2, 0.25) is 0 Å². The van der Waals surface area contributed by atoms with Crippen LogP contribution in [-0.2, 0) is 14.4 Å². The topological polar surface area (TPSA) is 118 Å². The fraction of sp³-hybridized carbons (Fsp3) is 0.120. The summed E-state index contributed by atoms with van der Waals surface area (Å²) in [5.74, 6) is -2.18. The van der Waals surface area contributed by atoms with Gasteiger partial charge in [-0.25, -0.2) is 9.82 Å². The highest BCUT2D eigenvalue weighted by molar-refractivity contribution is 9.10. The molecule has 3 aromatic rings. The van der Waals surface area contributed by atoms with E-state index in [1.165, 1.54) is 25.5 Å². The summed E-state index contributed by atoms with van der Waals surface area (Å²) in [4.78, 5) is 36.1. The predicted octanol–water partition coefficient (Wildman–Crippen LogP) is 4.01. The van der Waals surface area contributed by atoms with Crippen LogP contribution in [0.1, 0.15) is 11.1 Å². The molecule has 0 saturated carbocycles. The number of nitrogens with one attached hydrogen (secondary N) is 3. The molecule has 0 aliphatic heterocycles. The van der Waals surface area contributed by atoms with Crippen LogP contribution < -0.4 is 25.5 Å². The maximum atomic E-state index is 12.9. The number of methoxy groups -OCH3 is 1. The van der Waals surface area contributed by atoms with E-state index in [2.05, 4.69) is 37.1 Å². The van der Waals surface area contributed by atoms with Gasteiger partial charge >= 0.3 is 11.8 Å². The van der Waals surface area contributed by atoms with Crippen LogP contribution in [0, 0.1) is 12.7 Å². The molecule has 0 aliphatic carbocycles. The third-order valence-electron chi connectivity index (χ3n) is 4.59. The molecule has 186 valence electrons. The van der Waals surface area contributed by atoms with Crippen molar-refractivity contribution in [3.05, 3.63) is 82.1 Å². The van der Waals surface area contributed by atoms with Crippen LogP contribution in [0.4, 0.5) is 15.8 Å². The molecule has 0 saturated heterocycles. The molecular formula is C25H22BrFN4O5. The highest BCUT2D eigenvalue weighted by Gasteiger charge is 2.15. The van der Waals surface area contributed by atoms with E-state index in [1.807, 2.05) is 25.1 Å². The molecule has 3 N–H and O–H groups in total. The van der Waals surface area contributed by atoms with Crippen LogP contribution in [0.3, 0.4) is 0 Å². The third kappa shape index (κ3) is 7.64. The molecule has 0 fully saturated rings. The number of benzene rings is 3. The Morgan fingerprint density at radius 1 is 1.00 bits per heavy atom. The highest BCUT2D eigenvalue weighted by Crippen LogP contribution is 2.36. The first-order chi connectivity index (χ1) is 17.2. The van der Waals surface area contributed by atoms with Crippen molar-refractivity contribution in [1.82, 2.24) is 5.43 Å². The second kappa shape index (κ2) is 12.5. The minimum atomic E-state index is -1.01. The van der Waals surface area contributed by atoms with E-state index in [4.69, 9.17) is 9.47 Å². The summed E-state index contributed by atoms with van der Waals surface area (Å²) in [5, 5.41) is 8.85. The highest BCUT2D eigenvalue weighted by atomic mass is 79.9. The molecule has 0 heterocycles. The van der Waals surface area contributed by atoms with Crippen molar-refractivity contribution in [3.8, 4) is 11.5 Å². The molecule has 9 nitrogen and oxygen atoms in total. The van der Waals surface area contributed by atoms with Crippen molar-refractivity contribution in [1.29, 1.82) is 0 Å². The van der Waals surface area contributed by atoms with E-state index >= 15 is 0 Å². The van der Waals surface area contributed by atoms with E-state index < -0.39 is 17.6 Å². The van der Waals surface area contributed by atoms with E-state index in [0.717, 1.165) is 17.7 Å². The summed E-state index contributed by atoms with van der Waals surface area (Å²) in [7, 11) is 1.43. The zero-order valence-electron chi connectivity index (χ0n) is 19.3. The number of amides is 3. The number of halogens is 2. The molecule has 0 spiro atoms. The summed E-state index contributed by atoms with van der Waals surface area (Å²) < 4.78 is 24.4.